The van der Waals surface area contributed by atoms with Crippen LogP contribution in [-0.4, -0.2) is 0 Å². The van der Waals surface area contributed by atoms with E-state index in [1.54, 1.807) is 0 Å². The average Bonchev–Trinajstić information content (AvgIpc) is 2.84. The molecule has 0 amide bonds. The highest BCUT2D eigenvalue weighted by atomic mass is 14.7. The number of aryl methyl sites for hydroxylation is 1. The van der Waals surface area contributed by atoms with Gasteiger partial charge in [0.1, 0.15) is 0 Å². The maximum Gasteiger partial charge on any atom is 0.0334 e. The summed E-state index contributed by atoms with van der Waals surface area (Å²) in [6.45, 7) is 4.55. The van der Waals surface area contributed by atoms with Crippen LogP contribution in [0.15, 0.2) is 36.4 Å². The SMILES string of the molecule is Cc1ccc2ccccc2c1C(N)C1CCCC1C. The monoisotopic (exact) mass is 253 g/mol. The summed E-state index contributed by atoms with van der Waals surface area (Å²) in [4.78, 5) is 0. The Kier molecular flexibility index (Phi) is 3.32. The summed E-state index contributed by atoms with van der Waals surface area (Å²) >= 11 is 0. The summed E-state index contributed by atoms with van der Waals surface area (Å²) < 4.78 is 0. The molecule has 2 aromatic rings. The van der Waals surface area contributed by atoms with Crippen molar-refractivity contribution in [1.29, 1.82) is 0 Å². The van der Waals surface area contributed by atoms with E-state index in [0.717, 1.165) is 5.92 Å². The molecule has 19 heavy (non-hydrogen) atoms. The zero-order chi connectivity index (χ0) is 13.4. The molecule has 1 aliphatic carbocycles. The number of rotatable bonds is 2. The number of hydrogen-bond donors (Lipinski definition) is 1. The van der Waals surface area contributed by atoms with Crippen LogP contribution in [0.2, 0.25) is 0 Å². The zero-order valence-electron chi connectivity index (χ0n) is 11.9. The molecule has 1 nitrogen and oxygen atoms in total. The van der Waals surface area contributed by atoms with E-state index in [9.17, 15) is 0 Å². The number of fused-ring (bicyclic) bond motifs is 1. The molecule has 2 N–H and O–H groups in total. The van der Waals surface area contributed by atoms with Crippen molar-refractivity contribution in [2.75, 3.05) is 0 Å². The van der Waals surface area contributed by atoms with E-state index in [-0.39, 0.29) is 6.04 Å². The minimum absolute atomic E-state index is 0.184. The van der Waals surface area contributed by atoms with Crippen molar-refractivity contribution in [2.24, 2.45) is 17.6 Å². The van der Waals surface area contributed by atoms with Crippen LogP contribution in [0.4, 0.5) is 0 Å². The van der Waals surface area contributed by atoms with Crippen molar-refractivity contribution in [3.63, 3.8) is 0 Å². The van der Waals surface area contributed by atoms with Crippen molar-refractivity contribution < 1.29 is 0 Å². The smallest absolute Gasteiger partial charge is 0.0334 e. The quantitative estimate of drug-likeness (QED) is 0.832. The average molecular weight is 253 g/mol. The Morgan fingerprint density at radius 1 is 1.11 bits per heavy atom. The first-order valence-electron chi connectivity index (χ1n) is 7.42. The molecule has 0 radical (unpaired) electrons. The van der Waals surface area contributed by atoms with E-state index in [1.165, 1.54) is 41.2 Å². The van der Waals surface area contributed by atoms with Gasteiger partial charge in [0.2, 0.25) is 0 Å². The Balaban J connectivity index is 2.10. The predicted octanol–water partition coefficient (Wildman–Crippen LogP) is 4.58. The highest BCUT2D eigenvalue weighted by Crippen LogP contribution is 2.41. The van der Waals surface area contributed by atoms with E-state index in [4.69, 9.17) is 5.73 Å². The van der Waals surface area contributed by atoms with Crippen molar-refractivity contribution in [3.05, 3.63) is 47.5 Å². The van der Waals surface area contributed by atoms with Crippen LogP contribution < -0.4 is 5.73 Å². The van der Waals surface area contributed by atoms with Gasteiger partial charge in [-0.2, -0.15) is 0 Å². The lowest BCUT2D eigenvalue weighted by Crippen LogP contribution is -2.24. The fraction of sp³-hybridized carbons (Fsp3) is 0.444. The van der Waals surface area contributed by atoms with Crippen LogP contribution in [0.1, 0.15) is 43.4 Å². The predicted molar refractivity (Wildman–Crippen MR) is 82.1 cm³/mol. The Hall–Kier alpha value is -1.34. The molecule has 0 saturated heterocycles. The van der Waals surface area contributed by atoms with E-state index >= 15 is 0 Å². The first-order valence-corrected chi connectivity index (χ1v) is 7.42. The van der Waals surface area contributed by atoms with Crippen molar-refractivity contribution >= 4 is 10.8 Å². The van der Waals surface area contributed by atoms with Gasteiger partial charge in [0.25, 0.3) is 0 Å². The molecule has 100 valence electrons. The topological polar surface area (TPSA) is 26.0 Å². The first-order chi connectivity index (χ1) is 9.18. The molecule has 3 unspecified atom stereocenters. The maximum atomic E-state index is 6.66. The molecular formula is C18H23N. The van der Waals surface area contributed by atoms with Crippen molar-refractivity contribution in [3.8, 4) is 0 Å². The summed E-state index contributed by atoms with van der Waals surface area (Å²) in [5.41, 5.74) is 9.37. The van der Waals surface area contributed by atoms with E-state index in [2.05, 4.69) is 50.2 Å². The molecular weight excluding hydrogens is 230 g/mol. The van der Waals surface area contributed by atoms with E-state index in [0.29, 0.717) is 5.92 Å². The van der Waals surface area contributed by atoms with Crippen LogP contribution in [0.3, 0.4) is 0 Å². The zero-order valence-corrected chi connectivity index (χ0v) is 11.9. The molecule has 2 aromatic carbocycles. The van der Waals surface area contributed by atoms with Gasteiger partial charge in [0.15, 0.2) is 0 Å². The Morgan fingerprint density at radius 2 is 1.89 bits per heavy atom. The Morgan fingerprint density at radius 3 is 2.63 bits per heavy atom. The third kappa shape index (κ3) is 2.17. The lowest BCUT2D eigenvalue weighted by Gasteiger charge is -2.26. The van der Waals surface area contributed by atoms with Crippen molar-refractivity contribution in [1.82, 2.24) is 0 Å². The third-order valence-electron chi connectivity index (χ3n) is 4.91. The summed E-state index contributed by atoms with van der Waals surface area (Å²) in [5, 5.41) is 2.65. The van der Waals surface area contributed by atoms with Crippen LogP contribution in [0.25, 0.3) is 10.8 Å². The highest BCUT2D eigenvalue weighted by Gasteiger charge is 2.30. The van der Waals surface area contributed by atoms with Gasteiger partial charge < -0.3 is 5.73 Å². The van der Waals surface area contributed by atoms with E-state index < -0.39 is 0 Å². The van der Waals surface area contributed by atoms with Crippen LogP contribution in [-0.2, 0) is 0 Å². The number of benzene rings is 2. The molecule has 0 heterocycles. The second-order valence-corrected chi connectivity index (χ2v) is 6.12. The molecule has 0 aliphatic heterocycles. The van der Waals surface area contributed by atoms with Gasteiger partial charge in [0, 0.05) is 6.04 Å². The lowest BCUT2D eigenvalue weighted by atomic mass is 9.83. The molecule has 0 bridgehead atoms. The number of hydrogen-bond acceptors (Lipinski definition) is 1. The van der Waals surface area contributed by atoms with Crippen LogP contribution in [0, 0.1) is 18.8 Å². The third-order valence-corrected chi connectivity index (χ3v) is 4.91. The normalized spacial score (nSPS) is 24.8. The molecule has 1 heteroatoms. The van der Waals surface area contributed by atoms with Crippen LogP contribution in [0.5, 0.6) is 0 Å². The molecule has 1 fully saturated rings. The summed E-state index contributed by atoms with van der Waals surface area (Å²) in [6.07, 6.45) is 3.95. The fourth-order valence-electron chi connectivity index (χ4n) is 3.77. The molecule has 3 atom stereocenters. The van der Waals surface area contributed by atoms with Gasteiger partial charge in [-0.25, -0.2) is 0 Å². The van der Waals surface area contributed by atoms with Gasteiger partial charge in [-0.05, 0) is 47.1 Å². The Bertz CT molecular complexity index is 587. The first kappa shape index (κ1) is 12.7. The molecule has 1 saturated carbocycles. The highest BCUT2D eigenvalue weighted by molar-refractivity contribution is 5.87. The minimum atomic E-state index is 0.184. The second kappa shape index (κ2) is 4.97. The summed E-state index contributed by atoms with van der Waals surface area (Å²) in [6, 6.07) is 13.2. The van der Waals surface area contributed by atoms with Gasteiger partial charge >= 0.3 is 0 Å². The molecule has 0 spiro atoms. The van der Waals surface area contributed by atoms with Gasteiger partial charge in [0.05, 0.1) is 0 Å². The largest absolute Gasteiger partial charge is 0.324 e. The van der Waals surface area contributed by atoms with E-state index in [1.807, 2.05) is 0 Å². The summed E-state index contributed by atoms with van der Waals surface area (Å²) in [5.74, 6) is 1.40. The van der Waals surface area contributed by atoms with Gasteiger partial charge in [-0.3, -0.25) is 0 Å². The fourth-order valence-corrected chi connectivity index (χ4v) is 3.77. The van der Waals surface area contributed by atoms with Crippen molar-refractivity contribution in [2.45, 2.75) is 39.2 Å². The van der Waals surface area contributed by atoms with Crippen LogP contribution >= 0.6 is 0 Å². The molecule has 1 aliphatic rings. The second-order valence-electron chi connectivity index (χ2n) is 6.12. The lowest BCUT2D eigenvalue weighted by molar-refractivity contribution is 0.352. The van der Waals surface area contributed by atoms with Gasteiger partial charge in [-0.1, -0.05) is 56.2 Å². The summed E-state index contributed by atoms with van der Waals surface area (Å²) in [7, 11) is 0. The molecule has 3 rings (SSSR count). The molecule has 0 aromatic heterocycles. The minimum Gasteiger partial charge on any atom is -0.324 e. The van der Waals surface area contributed by atoms with Gasteiger partial charge in [-0.15, -0.1) is 0 Å². The standard InChI is InChI=1S/C18H23N/c1-12-6-5-9-15(12)18(19)17-13(2)10-11-14-7-3-4-8-16(14)17/h3-4,7-8,10-12,15,18H,5-6,9,19H2,1-2H3. The Labute approximate surface area is 115 Å². The number of nitrogens with two attached hydrogens (primary N) is 1. The maximum absolute atomic E-state index is 6.66.